The fourth-order valence-electron chi connectivity index (χ4n) is 3.26. The Morgan fingerprint density at radius 2 is 1.75 bits per heavy atom. The molecule has 2 aliphatic rings. The van der Waals surface area contributed by atoms with E-state index in [-0.39, 0.29) is 23.0 Å². The summed E-state index contributed by atoms with van der Waals surface area (Å²) >= 11 is 0. The van der Waals surface area contributed by atoms with Gasteiger partial charge in [0.1, 0.15) is 0 Å². The van der Waals surface area contributed by atoms with E-state index in [4.69, 9.17) is 0 Å². The van der Waals surface area contributed by atoms with Gasteiger partial charge in [-0.25, -0.2) is 0 Å². The summed E-state index contributed by atoms with van der Waals surface area (Å²) in [4.78, 5) is 0. The first-order valence-electron chi connectivity index (χ1n) is 4.76. The van der Waals surface area contributed by atoms with Crippen LogP contribution < -0.4 is 0 Å². The van der Waals surface area contributed by atoms with Gasteiger partial charge >= 0.3 is 0 Å². The SMILES string of the molecule is CC1(C)[C@H]2CC(O)[C@]1(C)CC2O. The molecule has 2 saturated carbocycles. The largest absolute Gasteiger partial charge is 0.393 e. The van der Waals surface area contributed by atoms with Crippen LogP contribution in [0, 0.1) is 16.7 Å². The van der Waals surface area contributed by atoms with Crippen LogP contribution in [0.2, 0.25) is 0 Å². The second kappa shape index (κ2) is 2.05. The van der Waals surface area contributed by atoms with Gasteiger partial charge in [0.2, 0.25) is 0 Å². The summed E-state index contributed by atoms with van der Waals surface area (Å²) in [6, 6.07) is 0. The molecule has 2 aliphatic carbocycles. The Morgan fingerprint density at radius 1 is 1.17 bits per heavy atom. The van der Waals surface area contributed by atoms with Gasteiger partial charge in [0, 0.05) is 5.41 Å². The van der Waals surface area contributed by atoms with Crippen molar-refractivity contribution in [2.24, 2.45) is 16.7 Å². The zero-order chi connectivity index (χ0) is 9.15. The molecule has 70 valence electrons. The lowest BCUT2D eigenvalue weighted by atomic mass is 9.70. The average molecular weight is 170 g/mol. The standard InChI is InChI=1S/C10H18O2/c1-9(2)6-4-8(12)10(9,3)5-7(6)11/h6-8,11-12H,4-5H2,1-3H3/t6-,7?,8?,10-/m0/s1. The van der Waals surface area contributed by atoms with E-state index >= 15 is 0 Å². The number of hydrogen-bond acceptors (Lipinski definition) is 2. The van der Waals surface area contributed by atoms with Gasteiger partial charge in [-0.1, -0.05) is 20.8 Å². The van der Waals surface area contributed by atoms with Crippen LogP contribution in [0.4, 0.5) is 0 Å². The number of aliphatic hydroxyl groups excluding tert-OH is 2. The van der Waals surface area contributed by atoms with Gasteiger partial charge in [0.05, 0.1) is 12.2 Å². The summed E-state index contributed by atoms with van der Waals surface area (Å²) in [5.74, 6) is 0.303. The van der Waals surface area contributed by atoms with Crippen molar-refractivity contribution in [2.45, 2.75) is 45.8 Å². The highest BCUT2D eigenvalue weighted by atomic mass is 16.3. The van der Waals surface area contributed by atoms with Crippen LogP contribution in [0.5, 0.6) is 0 Å². The molecule has 12 heavy (non-hydrogen) atoms. The third-order valence-electron chi connectivity index (χ3n) is 4.71. The van der Waals surface area contributed by atoms with Crippen molar-refractivity contribution in [3.05, 3.63) is 0 Å². The molecule has 0 aromatic rings. The average Bonchev–Trinajstić information content (AvgIpc) is 2.18. The highest BCUT2D eigenvalue weighted by molar-refractivity contribution is 5.13. The van der Waals surface area contributed by atoms with Gasteiger partial charge in [-0.15, -0.1) is 0 Å². The van der Waals surface area contributed by atoms with Crippen molar-refractivity contribution >= 4 is 0 Å². The first-order chi connectivity index (χ1) is 5.39. The molecule has 0 aromatic carbocycles. The minimum atomic E-state index is -0.208. The minimum absolute atomic E-state index is 0.0584. The van der Waals surface area contributed by atoms with Gasteiger partial charge in [0.25, 0.3) is 0 Å². The summed E-state index contributed by atoms with van der Waals surface area (Å²) in [6.07, 6.45) is 1.16. The lowest BCUT2D eigenvalue weighted by Gasteiger charge is -2.36. The van der Waals surface area contributed by atoms with Gasteiger partial charge in [-0.05, 0) is 24.2 Å². The van der Waals surface area contributed by atoms with E-state index in [9.17, 15) is 10.2 Å². The molecular weight excluding hydrogens is 152 g/mol. The molecule has 2 rings (SSSR count). The quantitative estimate of drug-likeness (QED) is 0.573. The number of fused-ring (bicyclic) bond motifs is 2. The van der Waals surface area contributed by atoms with Crippen molar-refractivity contribution in [3.63, 3.8) is 0 Å². The van der Waals surface area contributed by atoms with Crippen molar-refractivity contribution in [1.29, 1.82) is 0 Å². The summed E-state index contributed by atoms with van der Waals surface area (Å²) < 4.78 is 0. The maximum Gasteiger partial charge on any atom is 0.0603 e. The van der Waals surface area contributed by atoms with E-state index in [1.165, 1.54) is 0 Å². The molecule has 0 amide bonds. The molecule has 4 atom stereocenters. The van der Waals surface area contributed by atoms with E-state index in [0.29, 0.717) is 5.92 Å². The number of aliphatic hydroxyl groups is 2. The second-order valence-corrected chi connectivity index (χ2v) is 5.27. The molecule has 0 heterocycles. The van der Waals surface area contributed by atoms with Crippen molar-refractivity contribution < 1.29 is 10.2 Å². The lowest BCUT2D eigenvalue weighted by molar-refractivity contribution is -0.00727. The Balaban J connectivity index is 2.41. The summed E-state index contributed by atoms with van der Waals surface area (Å²) in [5.41, 5.74) is 0.0446. The lowest BCUT2D eigenvalue weighted by Crippen LogP contribution is -2.36. The predicted octanol–water partition coefficient (Wildman–Crippen LogP) is 1.16. The van der Waals surface area contributed by atoms with Gasteiger partial charge in [-0.2, -0.15) is 0 Å². The van der Waals surface area contributed by atoms with E-state index in [1.807, 2.05) is 0 Å². The van der Waals surface area contributed by atoms with Crippen molar-refractivity contribution in [3.8, 4) is 0 Å². The summed E-state index contributed by atoms with van der Waals surface area (Å²) in [6.45, 7) is 6.45. The van der Waals surface area contributed by atoms with Crippen LogP contribution in [0.25, 0.3) is 0 Å². The second-order valence-electron chi connectivity index (χ2n) is 5.27. The predicted molar refractivity (Wildman–Crippen MR) is 46.6 cm³/mol. The molecule has 0 radical (unpaired) electrons. The summed E-state index contributed by atoms with van der Waals surface area (Å²) in [7, 11) is 0. The van der Waals surface area contributed by atoms with Gasteiger partial charge in [0.15, 0.2) is 0 Å². The molecular formula is C10H18O2. The van der Waals surface area contributed by atoms with Crippen LogP contribution in [-0.4, -0.2) is 22.4 Å². The normalized spacial score (nSPS) is 56.2. The van der Waals surface area contributed by atoms with Crippen LogP contribution in [0.15, 0.2) is 0 Å². The number of rotatable bonds is 0. The monoisotopic (exact) mass is 170 g/mol. The molecule has 2 heteroatoms. The molecule has 2 nitrogen and oxygen atoms in total. The molecule has 2 N–H and O–H groups in total. The molecule has 0 aliphatic heterocycles. The van der Waals surface area contributed by atoms with E-state index < -0.39 is 0 Å². The maximum absolute atomic E-state index is 9.82. The fourth-order valence-corrected chi connectivity index (χ4v) is 3.26. The molecule has 2 bridgehead atoms. The third kappa shape index (κ3) is 0.686. The van der Waals surface area contributed by atoms with Crippen molar-refractivity contribution in [1.82, 2.24) is 0 Å². The van der Waals surface area contributed by atoms with Gasteiger partial charge < -0.3 is 10.2 Å². The topological polar surface area (TPSA) is 40.5 Å². The number of hydrogen-bond donors (Lipinski definition) is 2. The minimum Gasteiger partial charge on any atom is -0.393 e. The van der Waals surface area contributed by atoms with Crippen LogP contribution in [0.3, 0.4) is 0 Å². The fraction of sp³-hybridized carbons (Fsp3) is 1.00. The molecule has 0 spiro atoms. The first kappa shape index (κ1) is 8.52. The smallest absolute Gasteiger partial charge is 0.0603 e. The molecule has 2 unspecified atom stereocenters. The Hall–Kier alpha value is -0.0800. The third-order valence-corrected chi connectivity index (χ3v) is 4.71. The Kier molecular flexibility index (Phi) is 1.45. The van der Waals surface area contributed by atoms with E-state index in [1.54, 1.807) is 0 Å². The molecule has 0 saturated heterocycles. The summed E-state index contributed by atoms with van der Waals surface area (Å²) in [5, 5.41) is 19.5. The first-order valence-corrected chi connectivity index (χ1v) is 4.76. The van der Waals surface area contributed by atoms with Crippen molar-refractivity contribution in [2.75, 3.05) is 0 Å². The molecule has 0 aromatic heterocycles. The Bertz CT molecular complexity index is 212. The zero-order valence-corrected chi connectivity index (χ0v) is 8.04. The maximum atomic E-state index is 9.82. The zero-order valence-electron chi connectivity index (χ0n) is 8.04. The van der Waals surface area contributed by atoms with Crippen LogP contribution >= 0.6 is 0 Å². The van der Waals surface area contributed by atoms with E-state index in [0.717, 1.165) is 12.8 Å². The molecule has 2 fully saturated rings. The highest BCUT2D eigenvalue weighted by Crippen LogP contribution is 2.65. The van der Waals surface area contributed by atoms with Gasteiger partial charge in [-0.3, -0.25) is 0 Å². The Labute approximate surface area is 73.6 Å². The highest BCUT2D eigenvalue weighted by Gasteiger charge is 2.64. The van der Waals surface area contributed by atoms with E-state index in [2.05, 4.69) is 20.8 Å². The Morgan fingerprint density at radius 3 is 2.00 bits per heavy atom. The van der Waals surface area contributed by atoms with Crippen LogP contribution in [-0.2, 0) is 0 Å². The van der Waals surface area contributed by atoms with Crippen LogP contribution in [0.1, 0.15) is 33.6 Å².